The van der Waals surface area contributed by atoms with E-state index in [1.165, 1.54) is 6.07 Å². The number of rotatable bonds is 5. The van der Waals surface area contributed by atoms with Gasteiger partial charge in [0.25, 0.3) is 0 Å². The lowest BCUT2D eigenvalue weighted by atomic mass is 10.1. The Hall–Kier alpha value is -1.94. The van der Waals surface area contributed by atoms with E-state index < -0.39 is 0 Å². The average molecular weight is 259 g/mol. The van der Waals surface area contributed by atoms with Gasteiger partial charge >= 0.3 is 0 Å². The maximum Gasteiger partial charge on any atom is 0.146 e. The van der Waals surface area contributed by atoms with E-state index in [0.717, 1.165) is 17.8 Å². The summed E-state index contributed by atoms with van der Waals surface area (Å²) in [5.41, 5.74) is 7.20. The molecule has 3 nitrogen and oxygen atoms in total. The van der Waals surface area contributed by atoms with Crippen LogP contribution in [0.1, 0.15) is 12.5 Å². The van der Waals surface area contributed by atoms with Gasteiger partial charge in [-0.2, -0.15) is 0 Å². The van der Waals surface area contributed by atoms with Gasteiger partial charge in [0.2, 0.25) is 0 Å². The quantitative estimate of drug-likeness (QED) is 0.897. The molecule has 0 atom stereocenters. The van der Waals surface area contributed by atoms with Crippen LogP contribution >= 0.6 is 0 Å². The monoisotopic (exact) mass is 259 g/mol. The van der Waals surface area contributed by atoms with E-state index in [1.54, 1.807) is 18.3 Å². The van der Waals surface area contributed by atoms with Gasteiger partial charge in [0.15, 0.2) is 0 Å². The second-order valence-electron chi connectivity index (χ2n) is 4.22. The zero-order valence-corrected chi connectivity index (χ0v) is 11.0. The summed E-state index contributed by atoms with van der Waals surface area (Å²) >= 11 is 0. The number of halogens is 1. The highest BCUT2D eigenvalue weighted by Gasteiger charge is 2.15. The summed E-state index contributed by atoms with van der Waals surface area (Å²) in [6.07, 6.45) is 2.45. The molecule has 0 amide bonds. The van der Waals surface area contributed by atoms with Crippen molar-refractivity contribution in [3.05, 3.63) is 54.0 Å². The highest BCUT2D eigenvalue weighted by Crippen LogP contribution is 2.28. The first-order valence-corrected chi connectivity index (χ1v) is 6.44. The Morgan fingerprint density at radius 1 is 1.21 bits per heavy atom. The summed E-state index contributed by atoms with van der Waals surface area (Å²) in [6, 6.07) is 10.6. The molecule has 100 valence electrons. The molecule has 19 heavy (non-hydrogen) atoms. The predicted octanol–water partition coefficient (Wildman–Crippen LogP) is 2.88. The van der Waals surface area contributed by atoms with Crippen LogP contribution in [-0.2, 0) is 6.42 Å². The molecule has 0 aliphatic heterocycles. The zero-order valence-electron chi connectivity index (χ0n) is 11.0. The van der Waals surface area contributed by atoms with Crippen molar-refractivity contribution in [3.63, 3.8) is 0 Å². The predicted molar refractivity (Wildman–Crippen MR) is 76.1 cm³/mol. The minimum absolute atomic E-state index is 0.242. The van der Waals surface area contributed by atoms with E-state index in [1.807, 2.05) is 30.0 Å². The van der Waals surface area contributed by atoms with Crippen LogP contribution in [0.5, 0.6) is 0 Å². The molecule has 0 bridgehead atoms. The van der Waals surface area contributed by atoms with Gasteiger partial charge in [-0.1, -0.05) is 18.2 Å². The molecule has 2 rings (SSSR count). The highest BCUT2D eigenvalue weighted by atomic mass is 19.1. The molecule has 0 spiro atoms. The average Bonchev–Trinajstić information content (AvgIpc) is 2.44. The van der Waals surface area contributed by atoms with Gasteiger partial charge in [-0.25, -0.2) is 9.37 Å². The van der Waals surface area contributed by atoms with E-state index in [9.17, 15) is 4.39 Å². The van der Waals surface area contributed by atoms with Gasteiger partial charge in [0.05, 0.1) is 5.69 Å². The third kappa shape index (κ3) is 2.90. The molecule has 1 heterocycles. The van der Waals surface area contributed by atoms with E-state index in [-0.39, 0.29) is 5.82 Å². The molecule has 0 unspecified atom stereocenters. The van der Waals surface area contributed by atoms with Crippen LogP contribution in [0.4, 0.5) is 15.9 Å². The normalized spacial score (nSPS) is 10.5. The van der Waals surface area contributed by atoms with E-state index in [4.69, 9.17) is 5.73 Å². The molecule has 0 saturated heterocycles. The smallest absolute Gasteiger partial charge is 0.146 e. The maximum atomic E-state index is 13.9. The molecule has 0 saturated carbocycles. The first kappa shape index (κ1) is 13.5. The lowest BCUT2D eigenvalue weighted by molar-refractivity contribution is 0.625. The van der Waals surface area contributed by atoms with Crippen molar-refractivity contribution >= 4 is 11.5 Å². The number of para-hydroxylation sites is 1. The van der Waals surface area contributed by atoms with Crippen LogP contribution in [0.15, 0.2) is 42.6 Å². The van der Waals surface area contributed by atoms with Crippen molar-refractivity contribution in [2.24, 2.45) is 5.73 Å². The number of aromatic nitrogens is 1. The van der Waals surface area contributed by atoms with Gasteiger partial charge in [-0.3, -0.25) is 0 Å². The number of nitrogens with two attached hydrogens (primary N) is 1. The van der Waals surface area contributed by atoms with Gasteiger partial charge in [-0.15, -0.1) is 0 Å². The topological polar surface area (TPSA) is 42.2 Å². The van der Waals surface area contributed by atoms with Crippen molar-refractivity contribution < 1.29 is 4.39 Å². The van der Waals surface area contributed by atoms with Crippen LogP contribution in [0.3, 0.4) is 0 Å². The van der Waals surface area contributed by atoms with Gasteiger partial charge in [0.1, 0.15) is 11.6 Å². The van der Waals surface area contributed by atoms with Crippen molar-refractivity contribution in [1.29, 1.82) is 0 Å². The van der Waals surface area contributed by atoms with Crippen molar-refractivity contribution in [3.8, 4) is 0 Å². The molecule has 0 aliphatic carbocycles. The first-order valence-electron chi connectivity index (χ1n) is 6.44. The number of hydrogen-bond donors (Lipinski definition) is 1. The van der Waals surface area contributed by atoms with E-state index >= 15 is 0 Å². The number of nitrogens with zero attached hydrogens (tertiary/aromatic N) is 2. The number of anilines is 2. The maximum absolute atomic E-state index is 13.9. The zero-order chi connectivity index (χ0) is 13.7. The van der Waals surface area contributed by atoms with Gasteiger partial charge in [-0.05, 0) is 43.7 Å². The van der Waals surface area contributed by atoms with Gasteiger partial charge < -0.3 is 10.6 Å². The number of pyridine rings is 1. The summed E-state index contributed by atoms with van der Waals surface area (Å²) in [6.45, 7) is 3.18. The molecule has 0 fully saturated rings. The van der Waals surface area contributed by atoms with Crippen molar-refractivity contribution in [2.45, 2.75) is 13.3 Å². The SMILES string of the molecule is CCN(c1ccccc1F)c1ncccc1CCN. The Morgan fingerprint density at radius 3 is 2.68 bits per heavy atom. The van der Waals surface area contributed by atoms with Crippen LogP contribution < -0.4 is 10.6 Å². The van der Waals surface area contributed by atoms with Crippen LogP contribution in [0.25, 0.3) is 0 Å². The molecule has 1 aromatic carbocycles. The molecular formula is C15H18FN3. The third-order valence-corrected chi connectivity index (χ3v) is 3.00. The summed E-state index contributed by atoms with van der Waals surface area (Å²) in [4.78, 5) is 6.26. The van der Waals surface area contributed by atoms with E-state index in [0.29, 0.717) is 18.8 Å². The van der Waals surface area contributed by atoms with Gasteiger partial charge in [0, 0.05) is 12.7 Å². The molecule has 1 aromatic heterocycles. The lowest BCUT2D eigenvalue weighted by Crippen LogP contribution is -2.21. The van der Waals surface area contributed by atoms with Crippen LogP contribution in [0.2, 0.25) is 0 Å². The fraction of sp³-hybridized carbons (Fsp3) is 0.267. The Morgan fingerprint density at radius 2 is 2.00 bits per heavy atom. The Kier molecular flexibility index (Phi) is 4.47. The molecule has 2 N–H and O–H groups in total. The van der Waals surface area contributed by atoms with Crippen LogP contribution in [-0.4, -0.2) is 18.1 Å². The highest BCUT2D eigenvalue weighted by molar-refractivity contribution is 5.63. The molecule has 0 aliphatic rings. The van der Waals surface area contributed by atoms with Crippen molar-refractivity contribution in [2.75, 3.05) is 18.0 Å². The van der Waals surface area contributed by atoms with Crippen LogP contribution in [0, 0.1) is 5.82 Å². The lowest BCUT2D eigenvalue weighted by Gasteiger charge is -2.24. The fourth-order valence-electron chi connectivity index (χ4n) is 2.13. The standard InChI is InChI=1S/C15H18FN3/c1-2-19(14-8-4-3-7-13(14)16)15-12(9-10-17)6-5-11-18-15/h3-8,11H,2,9-10,17H2,1H3. The molecule has 2 aromatic rings. The third-order valence-electron chi connectivity index (χ3n) is 3.00. The summed E-state index contributed by atoms with van der Waals surface area (Å²) in [7, 11) is 0. The Balaban J connectivity index is 2.45. The second kappa shape index (κ2) is 6.29. The molecule has 0 radical (unpaired) electrons. The van der Waals surface area contributed by atoms with Crippen molar-refractivity contribution in [1.82, 2.24) is 4.98 Å². The summed E-state index contributed by atoms with van der Waals surface area (Å²) in [5, 5.41) is 0. The second-order valence-corrected chi connectivity index (χ2v) is 4.22. The Bertz CT molecular complexity index is 542. The number of benzene rings is 1. The largest absolute Gasteiger partial charge is 0.330 e. The minimum Gasteiger partial charge on any atom is -0.330 e. The first-order chi connectivity index (χ1) is 9.27. The molecule has 4 heteroatoms. The Labute approximate surface area is 112 Å². The molecular weight excluding hydrogens is 241 g/mol. The summed E-state index contributed by atoms with van der Waals surface area (Å²) in [5.74, 6) is 0.536. The fourth-order valence-corrected chi connectivity index (χ4v) is 2.13. The van der Waals surface area contributed by atoms with E-state index in [2.05, 4.69) is 4.98 Å². The minimum atomic E-state index is -0.242. The number of hydrogen-bond acceptors (Lipinski definition) is 3. The summed E-state index contributed by atoms with van der Waals surface area (Å²) < 4.78 is 13.9.